The summed E-state index contributed by atoms with van der Waals surface area (Å²) in [5, 5.41) is 1.73. The van der Waals surface area contributed by atoms with Crippen LogP contribution < -0.4 is 5.32 Å². The van der Waals surface area contributed by atoms with Crippen molar-refractivity contribution in [1.29, 1.82) is 0 Å². The lowest BCUT2D eigenvalue weighted by molar-refractivity contribution is -0.152. The van der Waals surface area contributed by atoms with Crippen LogP contribution in [0.1, 0.15) is 41.5 Å². The molecule has 1 N–H and O–H groups in total. The van der Waals surface area contributed by atoms with E-state index in [9.17, 15) is 19.2 Å². The largest absolute Gasteiger partial charge is 0.461 e. The summed E-state index contributed by atoms with van der Waals surface area (Å²) in [6, 6.07) is -1.05. The molecular weight excluding hydrogens is 326 g/mol. The Balaban J connectivity index is 4.89. The fourth-order valence-corrected chi connectivity index (χ4v) is 2.29. The fourth-order valence-electron chi connectivity index (χ4n) is 1.48. The number of carbonyl (C=O) groups is 4. The molecule has 0 bridgehead atoms. The second-order valence-corrected chi connectivity index (χ2v) is 7.06. The molecule has 0 radical (unpaired) electrons. The van der Waals surface area contributed by atoms with Crippen molar-refractivity contribution < 1.29 is 33.4 Å². The number of hydrogen-bond acceptors (Lipinski definition) is 8. The molecule has 1 amide bonds. The predicted octanol–water partition coefficient (Wildman–Crippen LogP) is 1.61. The van der Waals surface area contributed by atoms with E-state index in [-0.39, 0.29) is 6.10 Å². The SMILES string of the molecule is CC(=O)N[C@@H](C(=O)OC(C)C)C(C)(C)SC(=O)OCOC(C)=O. The van der Waals surface area contributed by atoms with Gasteiger partial charge in [0.05, 0.1) is 10.9 Å². The molecule has 0 fully saturated rings. The highest BCUT2D eigenvalue weighted by molar-refractivity contribution is 8.14. The normalized spacial score (nSPS) is 12.3. The summed E-state index contributed by atoms with van der Waals surface area (Å²) in [6.45, 7) is 8.46. The van der Waals surface area contributed by atoms with E-state index >= 15 is 0 Å². The lowest BCUT2D eigenvalue weighted by atomic mass is 10.0. The van der Waals surface area contributed by atoms with E-state index in [0.717, 1.165) is 0 Å². The number of amides is 1. The van der Waals surface area contributed by atoms with Crippen molar-refractivity contribution in [3.63, 3.8) is 0 Å². The summed E-state index contributed by atoms with van der Waals surface area (Å²) in [4.78, 5) is 45.8. The molecule has 8 nitrogen and oxygen atoms in total. The van der Waals surface area contributed by atoms with Gasteiger partial charge in [-0.25, -0.2) is 9.59 Å². The van der Waals surface area contributed by atoms with Gasteiger partial charge in [0.15, 0.2) is 0 Å². The molecule has 0 aromatic carbocycles. The van der Waals surface area contributed by atoms with Crippen LogP contribution in [0.5, 0.6) is 0 Å². The van der Waals surface area contributed by atoms with Crippen LogP contribution in [0, 0.1) is 0 Å². The minimum absolute atomic E-state index is 0.365. The number of nitrogens with one attached hydrogen (secondary N) is 1. The van der Waals surface area contributed by atoms with Crippen molar-refractivity contribution >= 4 is 34.9 Å². The Morgan fingerprint density at radius 2 is 1.65 bits per heavy atom. The van der Waals surface area contributed by atoms with E-state index in [2.05, 4.69) is 10.1 Å². The van der Waals surface area contributed by atoms with Gasteiger partial charge < -0.3 is 19.5 Å². The Hall–Kier alpha value is -1.77. The highest BCUT2D eigenvalue weighted by Gasteiger charge is 2.40. The fraction of sp³-hybridized carbons (Fsp3) is 0.714. The minimum atomic E-state index is -1.05. The monoisotopic (exact) mass is 349 g/mol. The number of carbonyl (C=O) groups excluding carboxylic acids is 4. The molecule has 132 valence electrons. The van der Waals surface area contributed by atoms with Crippen molar-refractivity contribution in [2.75, 3.05) is 6.79 Å². The topological polar surface area (TPSA) is 108 Å². The molecule has 0 aromatic rings. The zero-order valence-corrected chi connectivity index (χ0v) is 14.9. The van der Waals surface area contributed by atoms with Gasteiger partial charge in [-0.2, -0.15) is 0 Å². The smallest absolute Gasteiger partial charge is 0.370 e. The second kappa shape index (κ2) is 9.39. The maximum atomic E-state index is 12.1. The van der Waals surface area contributed by atoms with Crippen molar-refractivity contribution in [3.8, 4) is 0 Å². The van der Waals surface area contributed by atoms with Gasteiger partial charge in [-0.1, -0.05) is 0 Å². The van der Waals surface area contributed by atoms with E-state index in [1.807, 2.05) is 0 Å². The second-order valence-electron chi connectivity index (χ2n) is 5.47. The number of rotatable bonds is 7. The number of thioether (sulfide) groups is 1. The molecule has 0 saturated heterocycles. The highest BCUT2D eigenvalue weighted by atomic mass is 32.2. The maximum absolute atomic E-state index is 12.1. The number of esters is 2. The molecule has 0 aliphatic rings. The molecule has 0 saturated carbocycles. The van der Waals surface area contributed by atoms with Gasteiger partial charge in [0.2, 0.25) is 12.7 Å². The molecular formula is C14H23NO7S. The maximum Gasteiger partial charge on any atom is 0.370 e. The molecule has 0 heterocycles. The summed E-state index contributed by atoms with van der Waals surface area (Å²) in [6.07, 6.45) is -0.365. The highest BCUT2D eigenvalue weighted by Crippen LogP contribution is 2.31. The average molecular weight is 349 g/mol. The van der Waals surface area contributed by atoms with E-state index in [1.54, 1.807) is 27.7 Å². The van der Waals surface area contributed by atoms with Crippen LogP contribution in [0.2, 0.25) is 0 Å². The summed E-state index contributed by atoms with van der Waals surface area (Å²) in [5.74, 6) is -1.67. The van der Waals surface area contributed by atoms with Crippen LogP contribution in [0.4, 0.5) is 4.79 Å². The van der Waals surface area contributed by atoms with Crippen molar-refractivity contribution in [2.24, 2.45) is 0 Å². The van der Waals surface area contributed by atoms with E-state index in [4.69, 9.17) is 9.47 Å². The van der Waals surface area contributed by atoms with Gasteiger partial charge in [-0.3, -0.25) is 9.59 Å². The minimum Gasteiger partial charge on any atom is -0.461 e. The third-order valence-electron chi connectivity index (χ3n) is 2.42. The van der Waals surface area contributed by atoms with Crippen LogP contribution in [-0.2, 0) is 28.6 Å². The third-order valence-corrected chi connectivity index (χ3v) is 3.46. The van der Waals surface area contributed by atoms with Gasteiger partial charge in [0.1, 0.15) is 6.04 Å². The van der Waals surface area contributed by atoms with Gasteiger partial charge in [-0.15, -0.1) is 0 Å². The zero-order valence-electron chi connectivity index (χ0n) is 14.1. The van der Waals surface area contributed by atoms with Gasteiger partial charge in [0, 0.05) is 13.8 Å². The molecule has 0 rings (SSSR count). The molecule has 1 atom stereocenters. The number of hydrogen-bond donors (Lipinski definition) is 1. The predicted molar refractivity (Wildman–Crippen MR) is 83.6 cm³/mol. The van der Waals surface area contributed by atoms with E-state index < -0.39 is 40.7 Å². The van der Waals surface area contributed by atoms with E-state index in [0.29, 0.717) is 11.8 Å². The first-order chi connectivity index (χ1) is 10.5. The Morgan fingerprint density at radius 1 is 1.09 bits per heavy atom. The van der Waals surface area contributed by atoms with Gasteiger partial charge in [-0.05, 0) is 39.5 Å². The van der Waals surface area contributed by atoms with Crippen LogP contribution in [-0.4, -0.2) is 46.8 Å². The first-order valence-electron chi connectivity index (χ1n) is 6.92. The quantitative estimate of drug-likeness (QED) is 0.545. The molecule has 0 aromatic heterocycles. The van der Waals surface area contributed by atoms with Crippen molar-refractivity contribution in [3.05, 3.63) is 0 Å². The molecule has 0 unspecified atom stereocenters. The Kier molecular flexibility index (Phi) is 8.66. The van der Waals surface area contributed by atoms with Gasteiger partial charge >= 0.3 is 17.2 Å². The van der Waals surface area contributed by atoms with Crippen molar-refractivity contribution in [2.45, 2.75) is 58.4 Å². The van der Waals surface area contributed by atoms with Crippen molar-refractivity contribution in [1.82, 2.24) is 5.32 Å². The number of ether oxygens (including phenoxy) is 3. The third kappa shape index (κ3) is 9.07. The Labute approximate surface area is 139 Å². The van der Waals surface area contributed by atoms with E-state index in [1.165, 1.54) is 13.8 Å². The van der Waals surface area contributed by atoms with Gasteiger partial charge in [0.25, 0.3) is 0 Å². The van der Waals surface area contributed by atoms with Crippen LogP contribution in [0.15, 0.2) is 0 Å². The standard InChI is InChI=1S/C14H23NO7S/c1-8(2)22-12(18)11(15-9(3)16)14(5,6)23-13(19)21-7-20-10(4)17/h8,11H,7H2,1-6H3,(H,15,16)/t11-/m0/s1. The first-order valence-corrected chi connectivity index (χ1v) is 7.74. The molecule has 0 aliphatic heterocycles. The zero-order chi connectivity index (χ0) is 18.2. The van der Waals surface area contributed by atoms with Crippen LogP contribution >= 0.6 is 11.8 Å². The molecule has 0 aliphatic carbocycles. The molecule has 9 heteroatoms. The lowest BCUT2D eigenvalue weighted by Gasteiger charge is -2.31. The summed E-state index contributed by atoms with van der Waals surface area (Å²) >= 11 is 0.691. The van der Waals surface area contributed by atoms with Crippen LogP contribution in [0.25, 0.3) is 0 Å². The Bertz CT molecular complexity index is 462. The summed E-state index contributed by atoms with van der Waals surface area (Å²) in [5.41, 5.74) is 0. The lowest BCUT2D eigenvalue weighted by Crippen LogP contribution is -2.53. The molecule has 23 heavy (non-hydrogen) atoms. The summed E-state index contributed by atoms with van der Waals surface area (Å²) in [7, 11) is 0. The average Bonchev–Trinajstić information content (AvgIpc) is 2.33. The Morgan fingerprint density at radius 3 is 2.09 bits per heavy atom. The summed E-state index contributed by atoms with van der Waals surface area (Å²) < 4.78 is 13.3. The molecule has 0 spiro atoms. The first kappa shape index (κ1) is 21.2. The van der Waals surface area contributed by atoms with Crippen LogP contribution in [0.3, 0.4) is 0 Å².